The Kier molecular flexibility index (Phi) is 4.89. The van der Waals surface area contributed by atoms with Crippen molar-refractivity contribution in [2.45, 2.75) is 0 Å². The largest absolute Gasteiger partial charge is 0.493 e. The lowest BCUT2D eigenvalue weighted by molar-refractivity contribution is 0.102. The molecule has 0 aliphatic rings. The molecule has 0 unspecified atom stereocenters. The molecule has 1 heterocycles. The molecule has 4 rings (SSSR count). The van der Waals surface area contributed by atoms with Gasteiger partial charge in [-0.25, -0.2) is 0 Å². The molecule has 0 saturated carbocycles. The topological polar surface area (TPSA) is 60.5 Å². The molecule has 0 spiro atoms. The van der Waals surface area contributed by atoms with Crippen LogP contribution >= 0.6 is 0 Å². The predicted molar refractivity (Wildman–Crippen MR) is 109 cm³/mol. The van der Waals surface area contributed by atoms with Crippen LogP contribution in [0.4, 0.5) is 5.69 Å². The van der Waals surface area contributed by atoms with Gasteiger partial charge in [0.25, 0.3) is 5.91 Å². The molecular weight excluding hydrogens is 352 g/mol. The average Bonchev–Trinajstić information content (AvgIpc) is 2.75. The zero-order valence-electron chi connectivity index (χ0n) is 15.3. The van der Waals surface area contributed by atoms with Crippen molar-refractivity contribution in [3.05, 3.63) is 90.6 Å². The molecule has 0 fully saturated rings. The summed E-state index contributed by atoms with van der Waals surface area (Å²) >= 11 is 0. The second-order valence-electron chi connectivity index (χ2n) is 6.11. The Hall–Kier alpha value is -3.86. The summed E-state index contributed by atoms with van der Waals surface area (Å²) in [5, 5.41) is 3.83. The van der Waals surface area contributed by atoms with Crippen LogP contribution in [0.2, 0.25) is 0 Å². The minimum atomic E-state index is -0.206. The third kappa shape index (κ3) is 3.64. The molecule has 0 atom stereocenters. The standard InChI is InChI=1S/C23H18N2O3/c1-27-20-9-2-3-10-21(20)28-18-13-11-17(12-14-18)25-23(26)19-8-4-6-16-7-5-15-24-22(16)19/h2-15H,1H3,(H,25,26). The van der Waals surface area contributed by atoms with E-state index in [9.17, 15) is 4.79 Å². The zero-order chi connectivity index (χ0) is 19.3. The minimum Gasteiger partial charge on any atom is -0.493 e. The van der Waals surface area contributed by atoms with Gasteiger partial charge in [-0.1, -0.05) is 30.3 Å². The van der Waals surface area contributed by atoms with E-state index in [2.05, 4.69) is 10.3 Å². The molecule has 4 aromatic rings. The van der Waals surface area contributed by atoms with Crippen LogP contribution < -0.4 is 14.8 Å². The van der Waals surface area contributed by atoms with Gasteiger partial charge in [-0.05, 0) is 48.5 Å². The molecule has 3 aromatic carbocycles. The third-order valence-electron chi connectivity index (χ3n) is 4.29. The number of fused-ring (bicyclic) bond motifs is 1. The molecule has 0 radical (unpaired) electrons. The molecule has 0 saturated heterocycles. The van der Waals surface area contributed by atoms with Crippen molar-refractivity contribution in [2.24, 2.45) is 0 Å². The number of ether oxygens (including phenoxy) is 2. The van der Waals surface area contributed by atoms with E-state index < -0.39 is 0 Å². The van der Waals surface area contributed by atoms with E-state index in [0.29, 0.717) is 34.0 Å². The van der Waals surface area contributed by atoms with Gasteiger partial charge in [0, 0.05) is 17.3 Å². The van der Waals surface area contributed by atoms with Gasteiger partial charge in [0.05, 0.1) is 18.2 Å². The SMILES string of the molecule is COc1ccccc1Oc1ccc(NC(=O)c2cccc3cccnc23)cc1. The average molecular weight is 370 g/mol. The van der Waals surface area contributed by atoms with Crippen molar-refractivity contribution >= 4 is 22.5 Å². The number of nitrogens with zero attached hydrogens (tertiary/aromatic N) is 1. The summed E-state index contributed by atoms with van der Waals surface area (Å²) in [6.07, 6.45) is 1.68. The second kappa shape index (κ2) is 7.80. The lowest BCUT2D eigenvalue weighted by atomic mass is 10.1. The highest BCUT2D eigenvalue weighted by molar-refractivity contribution is 6.11. The summed E-state index contributed by atoms with van der Waals surface area (Å²) in [7, 11) is 1.60. The molecule has 0 bridgehead atoms. The molecule has 28 heavy (non-hydrogen) atoms. The fraction of sp³-hybridized carbons (Fsp3) is 0.0435. The first-order valence-electron chi connectivity index (χ1n) is 8.80. The van der Waals surface area contributed by atoms with E-state index in [-0.39, 0.29) is 5.91 Å². The number of methoxy groups -OCH3 is 1. The van der Waals surface area contributed by atoms with Crippen molar-refractivity contribution in [2.75, 3.05) is 12.4 Å². The molecule has 0 aliphatic carbocycles. The second-order valence-corrected chi connectivity index (χ2v) is 6.11. The normalized spacial score (nSPS) is 10.5. The Balaban J connectivity index is 1.51. The number of rotatable bonds is 5. The molecule has 1 aromatic heterocycles. The maximum Gasteiger partial charge on any atom is 0.257 e. The molecule has 5 nitrogen and oxygen atoms in total. The number of hydrogen-bond donors (Lipinski definition) is 1. The highest BCUT2D eigenvalue weighted by Gasteiger charge is 2.11. The summed E-state index contributed by atoms with van der Waals surface area (Å²) in [5.41, 5.74) is 1.89. The Morgan fingerprint density at radius 2 is 1.61 bits per heavy atom. The fourth-order valence-corrected chi connectivity index (χ4v) is 2.92. The van der Waals surface area contributed by atoms with E-state index in [1.807, 2.05) is 48.5 Å². The zero-order valence-corrected chi connectivity index (χ0v) is 15.3. The molecule has 5 heteroatoms. The number of anilines is 1. The molecule has 138 valence electrons. The first kappa shape index (κ1) is 17.5. The van der Waals surface area contributed by atoms with Crippen LogP contribution in [0.25, 0.3) is 10.9 Å². The molecular formula is C23H18N2O3. The van der Waals surface area contributed by atoms with Crippen LogP contribution in [0, 0.1) is 0 Å². The first-order chi connectivity index (χ1) is 13.7. The number of carbonyl (C=O) groups is 1. The number of benzene rings is 3. The Morgan fingerprint density at radius 3 is 2.39 bits per heavy atom. The van der Waals surface area contributed by atoms with Crippen LogP contribution in [0.5, 0.6) is 17.2 Å². The van der Waals surface area contributed by atoms with Gasteiger partial charge < -0.3 is 14.8 Å². The van der Waals surface area contributed by atoms with Gasteiger partial charge in [-0.3, -0.25) is 9.78 Å². The van der Waals surface area contributed by atoms with Crippen LogP contribution in [-0.4, -0.2) is 18.0 Å². The van der Waals surface area contributed by atoms with Gasteiger partial charge in [-0.2, -0.15) is 0 Å². The summed E-state index contributed by atoms with van der Waals surface area (Å²) < 4.78 is 11.1. The van der Waals surface area contributed by atoms with Gasteiger partial charge in [0.1, 0.15) is 5.75 Å². The van der Waals surface area contributed by atoms with Crippen LogP contribution in [0.3, 0.4) is 0 Å². The maximum atomic E-state index is 12.7. The molecule has 1 N–H and O–H groups in total. The maximum absolute atomic E-state index is 12.7. The van der Waals surface area contributed by atoms with Gasteiger partial charge in [0.2, 0.25) is 0 Å². The third-order valence-corrected chi connectivity index (χ3v) is 4.29. The predicted octanol–water partition coefficient (Wildman–Crippen LogP) is 5.29. The number of pyridine rings is 1. The highest BCUT2D eigenvalue weighted by Crippen LogP contribution is 2.31. The Morgan fingerprint density at radius 1 is 0.857 bits per heavy atom. The van der Waals surface area contributed by atoms with Crippen molar-refractivity contribution in [3.8, 4) is 17.2 Å². The fourth-order valence-electron chi connectivity index (χ4n) is 2.92. The minimum absolute atomic E-state index is 0.206. The summed E-state index contributed by atoms with van der Waals surface area (Å²) in [6.45, 7) is 0. The highest BCUT2D eigenvalue weighted by atomic mass is 16.5. The Labute approximate surface area is 162 Å². The van der Waals surface area contributed by atoms with Gasteiger partial charge >= 0.3 is 0 Å². The monoisotopic (exact) mass is 370 g/mol. The Bertz CT molecular complexity index is 1120. The van der Waals surface area contributed by atoms with Crippen molar-refractivity contribution in [3.63, 3.8) is 0 Å². The van der Waals surface area contributed by atoms with Crippen LogP contribution in [0.1, 0.15) is 10.4 Å². The lowest BCUT2D eigenvalue weighted by Gasteiger charge is -2.11. The van der Waals surface area contributed by atoms with E-state index in [1.54, 1.807) is 43.6 Å². The molecule has 0 aliphatic heterocycles. The number of para-hydroxylation sites is 3. The van der Waals surface area contributed by atoms with Crippen LogP contribution in [-0.2, 0) is 0 Å². The number of aromatic nitrogens is 1. The van der Waals surface area contributed by atoms with Gasteiger partial charge in [-0.15, -0.1) is 0 Å². The smallest absolute Gasteiger partial charge is 0.257 e. The number of hydrogen-bond acceptors (Lipinski definition) is 4. The van der Waals surface area contributed by atoms with Crippen molar-refractivity contribution in [1.29, 1.82) is 0 Å². The van der Waals surface area contributed by atoms with E-state index in [1.165, 1.54) is 0 Å². The van der Waals surface area contributed by atoms with E-state index >= 15 is 0 Å². The van der Waals surface area contributed by atoms with Crippen molar-refractivity contribution in [1.82, 2.24) is 4.98 Å². The number of carbonyl (C=O) groups excluding carboxylic acids is 1. The van der Waals surface area contributed by atoms with Crippen LogP contribution in [0.15, 0.2) is 85.1 Å². The summed E-state index contributed by atoms with van der Waals surface area (Å²) in [5.74, 6) is 1.73. The number of amides is 1. The number of nitrogens with one attached hydrogen (secondary N) is 1. The first-order valence-corrected chi connectivity index (χ1v) is 8.80. The van der Waals surface area contributed by atoms with Gasteiger partial charge in [0.15, 0.2) is 11.5 Å². The van der Waals surface area contributed by atoms with Crippen molar-refractivity contribution < 1.29 is 14.3 Å². The van der Waals surface area contributed by atoms with E-state index in [4.69, 9.17) is 9.47 Å². The quantitative estimate of drug-likeness (QED) is 0.519. The summed E-state index contributed by atoms with van der Waals surface area (Å²) in [6, 6.07) is 23.9. The molecule has 1 amide bonds. The summed E-state index contributed by atoms with van der Waals surface area (Å²) in [4.78, 5) is 17.0. The van der Waals surface area contributed by atoms with E-state index in [0.717, 1.165) is 5.39 Å². The lowest BCUT2D eigenvalue weighted by Crippen LogP contribution is -2.12.